The summed E-state index contributed by atoms with van der Waals surface area (Å²) in [7, 11) is 3.56. The van der Waals surface area contributed by atoms with E-state index in [1.54, 1.807) is 25.2 Å². The molecule has 6 heteroatoms. The number of carbonyl (C=O) groups excluding carboxylic acids is 1. The van der Waals surface area contributed by atoms with Gasteiger partial charge in [-0.25, -0.2) is 9.97 Å². The van der Waals surface area contributed by atoms with Gasteiger partial charge in [0, 0.05) is 27.2 Å². The van der Waals surface area contributed by atoms with Crippen molar-refractivity contribution < 1.29 is 9.53 Å². The highest BCUT2D eigenvalue weighted by Crippen LogP contribution is 2.15. The molecule has 1 aliphatic heterocycles. The number of nitrogens with zero attached hydrogens (tertiary/aromatic N) is 3. The van der Waals surface area contributed by atoms with Crippen molar-refractivity contribution in [2.45, 2.75) is 12.8 Å². The maximum atomic E-state index is 12.2. The SMILES string of the molecule is CNc1cnc(C(=O)N(C)CC2CCCOC2)cn1. The van der Waals surface area contributed by atoms with Crippen LogP contribution in [0, 0.1) is 5.92 Å². The maximum absolute atomic E-state index is 12.2. The molecule has 104 valence electrons. The zero-order valence-electron chi connectivity index (χ0n) is 11.4. The molecule has 19 heavy (non-hydrogen) atoms. The zero-order valence-corrected chi connectivity index (χ0v) is 11.4. The van der Waals surface area contributed by atoms with E-state index in [9.17, 15) is 4.79 Å². The Bertz CT molecular complexity index is 415. The lowest BCUT2D eigenvalue weighted by molar-refractivity contribution is 0.0386. The molecule has 1 N–H and O–H groups in total. The third-order valence-corrected chi connectivity index (χ3v) is 3.26. The molecule has 1 aliphatic rings. The maximum Gasteiger partial charge on any atom is 0.273 e. The summed E-state index contributed by atoms with van der Waals surface area (Å²) in [6.07, 6.45) is 5.25. The van der Waals surface area contributed by atoms with Gasteiger partial charge in [-0.15, -0.1) is 0 Å². The molecular weight excluding hydrogens is 244 g/mol. The van der Waals surface area contributed by atoms with Crippen molar-refractivity contribution in [3.63, 3.8) is 0 Å². The molecule has 0 spiro atoms. The Hall–Kier alpha value is -1.69. The number of anilines is 1. The number of ether oxygens (including phenoxy) is 1. The van der Waals surface area contributed by atoms with Gasteiger partial charge in [0.05, 0.1) is 19.0 Å². The van der Waals surface area contributed by atoms with Crippen LogP contribution in [0.25, 0.3) is 0 Å². The van der Waals surface area contributed by atoms with Crippen LogP contribution in [0.2, 0.25) is 0 Å². The summed E-state index contributed by atoms with van der Waals surface area (Å²) in [5.41, 5.74) is 0.373. The minimum absolute atomic E-state index is 0.0965. The molecule has 2 heterocycles. The quantitative estimate of drug-likeness (QED) is 0.879. The fourth-order valence-electron chi connectivity index (χ4n) is 2.18. The highest BCUT2D eigenvalue weighted by atomic mass is 16.5. The van der Waals surface area contributed by atoms with Crippen LogP contribution in [0.4, 0.5) is 5.82 Å². The number of nitrogens with one attached hydrogen (secondary N) is 1. The van der Waals surface area contributed by atoms with Crippen LogP contribution in [-0.2, 0) is 4.74 Å². The predicted molar refractivity (Wildman–Crippen MR) is 72.1 cm³/mol. The second-order valence-corrected chi connectivity index (χ2v) is 4.81. The third-order valence-electron chi connectivity index (χ3n) is 3.26. The Labute approximate surface area is 113 Å². The molecule has 0 saturated carbocycles. The number of hydrogen-bond donors (Lipinski definition) is 1. The average Bonchev–Trinajstić information content (AvgIpc) is 2.47. The highest BCUT2D eigenvalue weighted by Gasteiger charge is 2.20. The Morgan fingerprint density at radius 3 is 2.95 bits per heavy atom. The van der Waals surface area contributed by atoms with E-state index in [0.717, 1.165) is 26.1 Å². The number of amides is 1. The molecule has 1 saturated heterocycles. The van der Waals surface area contributed by atoms with Crippen molar-refractivity contribution in [2.24, 2.45) is 5.92 Å². The van der Waals surface area contributed by atoms with Crippen molar-refractivity contribution in [3.05, 3.63) is 18.1 Å². The summed E-state index contributed by atoms with van der Waals surface area (Å²) in [4.78, 5) is 22.1. The van der Waals surface area contributed by atoms with Crippen LogP contribution >= 0.6 is 0 Å². The molecule has 0 bridgehead atoms. The van der Waals surface area contributed by atoms with Crippen LogP contribution in [0.5, 0.6) is 0 Å². The summed E-state index contributed by atoms with van der Waals surface area (Å²) in [5.74, 6) is 0.979. The number of rotatable bonds is 4. The number of hydrogen-bond acceptors (Lipinski definition) is 5. The van der Waals surface area contributed by atoms with E-state index in [2.05, 4.69) is 15.3 Å². The molecular formula is C13H20N4O2. The Balaban J connectivity index is 1.93. The minimum atomic E-state index is -0.0965. The molecule has 1 atom stereocenters. The first-order chi connectivity index (χ1) is 9.20. The number of carbonyl (C=O) groups is 1. The van der Waals surface area contributed by atoms with Crippen molar-refractivity contribution >= 4 is 11.7 Å². The molecule has 6 nitrogen and oxygen atoms in total. The molecule has 1 aromatic heterocycles. The number of aromatic nitrogens is 2. The molecule has 0 radical (unpaired) electrons. The van der Waals surface area contributed by atoms with Crippen molar-refractivity contribution in [3.8, 4) is 0 Å². The fraction of sp³-hybridized carbons (Fsp3) is 0.615. The van der Waals surface area contributed by atoms with Gasteiger partial charge in [0.1, 0.15) is 11.5 Å². The molecule has 1 aromatic rings. The summed E-state index contributed by atoms with van der Waals surface area (Å²) in [6.45, 7) is 2.28. The molecule has 0 aromatic carbocycles. The first-order valence-electron chi connectivity index (χ1n) is 6.53. The summed E-state index contributed by atoms with van der Waals surface area (Å²) in [5, 5.41) is 2.87. The van der Waals surface area contributed by atoms with Gasteiger partial charge in [0.25, 0.3) is 5.91 Å². The monoisotopic (exact) mass is 264 g/mol. The highest BCUT2D eigenvalue weighted by molar-refractivity contribution is 5.91. The lowest BCUT2D eigenvalue weighted by atomic mass is 10.0. The van der Waals surface area contributed by atoms with E-state index in [4.69, 9.17) is 4.74 Å². The van der Waals surface area contributed by atoms with E-state index >= 15 is 0 Å². The second kappa shape index (κ2) is 6.47. The first kappa shape index (κ1) is 13.7. The van der Waals surface area contributed by atoms with E-state index < -0.39 is 0 Å². The normalized spacial score (nSPS) is 18.9. The molecule has 2 rings (SSSR count). The average molecular weight is 264 g/mol. The smallest absolute Gasteiger partial charge is 0.273 e. The van der Waals surface area contributed by atoms with Gasteiger partial charge < -0.3 is 15.0 Å². The van der Waals surface area contributed by atoms with E-state index in [0.29, 0.717) is 24.0 Å². The van der Waals surface area contributed by atoms with Crippen LogP contribution in [-0.4, -0.2) is 54.6 Å². The van der Waals surface area contributed by atoms with Crippen LogP contribution < -0.4 is 5.32 Å². The van der Waals surface area contributed by atoms with E-state index in [1.807, 2.05) is 0 Å². The Morgan fingerprint density at radius 1 is 1.53 bits per heavy atom. The van der Waals surface area contributed by atoms with Gasteiger partial charge in [-0.3, -0.25) is 4.79 Å². The van der Waals surface area contributed by atoms with Crippen LogP contribution in [0.1, 0.15) is 23.3 Å². The summed E-state index contributed by atoms with van der Waals surface area (Å²) in [6, 6.07) is 0. The zero-order chi connectivity index (χ0) is 13.7. The molecule has 0 aliphatic carbocycles. The fourth-order valence-corrected chi connectivity index (χ4v) is 2.18. The Kier molecular flexibility index (Phi) is 4.68. The van der Waals surface area contributed by atoms with Gasteiger partial charge in [0.15, 0.2) is 0 Å². The summed E-state index contributed by atoms with van der Waals surface area (Å²) < 4.78 is 5.42. The lowest BCUT2D eigenvalue weighted by Crippen LogP contribution is -2.35. The van der Waals surface area contributed by atoms with Gasteiger partial charge in [-0.1, -0.05) is 0 Å². The molecule has 1 amide bonds. The predicted octanol–water partition coefficient (Wildman–Crippen LogP) is 1.02. The van der Waals surface area contributed by atoms with Gasteiger partial charge in [0.2, 0.25) is 0 Å². The molecule has 1 unspecified atom stereocenters. The van der Waals surface area contributed by atoms with Gasteiger partial charge >= 0.3 is 0 Å². The van der Waals surface area contributed by atoms with Crippen LogP contribution in [0.3, 0.4) is 0 Å². The standard InChI is InChI=1S/C13H20N4O2/c1-14-12-7-15-11(6-16-12)13(18)17(2)8-10-4-3-5-19-9-10/h6-7,10H,3-5,8-9H2,1-2H3,(H,14,16). The van der Waals surface area contributed by atoms with E-state index in [1.165, 1.54) is 6.20 Å². The van der Waals surface area contributed by atoms with E-state index in [-0.39, 0.29) is 5.91 Å². The Morgan fingerprint density at radius 2 is 2.37 bits per heavy atom. The minimum Gasteiger partial charge on any atom is -0.381 e. The summed E-state index contributed by atoms with van der Waals surface area (Å²) >= 11 is 0. The third kappa shape index (κ3) is 3.64. The topological polar surface area (TPSA) is 67.4 Å². The van der Waals surface area contributed by atoms with Crippen LogP contribution in [0.15, 0.2) is 12.4 Å². The van der Waals surface area contributed by atoms with Gasteiger partial charge in [-0.05, 0) is 18.8 Å². The second-order valence-electron chi connectivity index (χ2n) is 4.81. The van der Waals surface area contributed by atoms with Crippen molar-refractivity contribution in [2.75, 3.05) is 39.2 Å². The van der Waals surface area contributed by atoms with Crippen molar-refractivity contribution in [1.82, 2.24) is 14.9 Å². The molecule has 1 fully saturated rings. The lowest BCUT2D eigenvalue weighted by Gasteiger charge is -2.26. The largest absolute Gasteiger partial charge is 0.381 e. The van der Waals surface area contributed by atoms with Crippen molar-refractivity contribution in [1.29, 1.82) is 0 Å². The van der Waals surface area contributed by atoms with Gasteiger partial charge in [-0.2, -0.15) is 0 Å². The first-order valence-corrected chi connectivity index (χ1v) is 6.53.